The molecule has 0 saturated carbocycles. The molecule has 2 N–H and O–H groups in total. The molecule has 0 atom stereocenters. The van der Waals surface area contributed by atoms with E-state index in [-0.39, 0.29) is 18.3 Å². The highest BCUT2D eigenvalue weighted by atomic mass is 16.5. The van der Waals surface area contributed by atoms with Crippen LogP contribution in [-0.2, 0) is 9.53 Å². The SMILES string of the molecule is CCC(=O)Nc1ccc(C(=O)COC(=O)c2ccccc2NC)cc1. The minimum absolute atomic E-state index is 0.101. The standard InChI is InChI=1S/C19H20N2O4/c1-3-18(23)21-14-10-8-13(9-11-14)17(22)12-25-19(24)15-6-4-5-7-16(15)20-2/h4-11,20H,3,12H2,1-2H3,(H,21,23). The number of esters is 1. The number of anilines is 2. The summed E-state index contributed by atoms with van der Waals surface area (Å²) in [7, 11) is 1.70. The van der Waals surface area contributed by atoms with Crippen LogP contribution in [0, 0.1) is 0 Å². The molecule has 0 fully saturated rings. The van der Waals surface area contributed by atoms with Gasteiger partial charge < -0.3 is 15.4 Å². The van der Waals surface area contributed by atoms with E-state index in [1.165, 1.54) is 0 Å². The van der Waals surface area contributed by atoms with E-state index in [1.54, 1.807) is 62.5 Å². The van der Waals surface area contributed by atoms with E-state index in [1.807, 2.05) is 0 Å². The number of rotatable bonds is 7. The quantitative estimate of drug-likeness (QED) is 0.597. The van der Waals surface area contributed by atoms with Crippen molar-refractivity contribution in [2.24, 2.45) is 0 Å². The van der Waals surface area contributed by atoms with Crippen LogP contribution in [0.2, 0.25) is 0 Å². The van der Waals surface area contributed by atoms with E-state index in [9.17, 15) is 14.4 Å². The van der Waals surface area contributed by atoms with Gasteiger partial charge in [0.1, 0.15) is 0 Å². The second-order valence-electron chi connectivity index (χ2n) is 5.27. The fourth-order valence-electron chi connectivity index (χ4n) is 2.16. The number of Topliss-reactive ketones (excluding diaryl/α,β-unsaturated/α-hetero) is 1. The average Bonchev–Trinajstić information content (AvgIpc) is 2.66. The molecule has 25 heavy (non-hydrogen) atoms. The van der Waals surface area contributed by atoms with E-state index >= 15 is 0 Å². The van der Waals surface area contributed by atoms with Crippen molar-refractivity contribution in [2.45, 2.75) is 13.3 Å². The fourth-order valence-corrected chi connectivity index (χ4v) is 2.16. The number of nitrogens with one attached hydrogen (secondary N) is 2. The Bertz CT molecular complexity index is 769. The largest absolute Gasteiger partial charge is 0.454 e. The molecule has 0 unspecified atom stereocenters. The van der Waals surface area contributed by atoms with Gasteiger partial charge in [-0.05, 0) is 36.4 Å². The Morgan fingerprint density at radius 3 is 2.32 bits per heavy atom. The van der Waals surface area contributed by atoms with Crippen LogP contribution >= 0.6 is 0 Å². The average molecular weight is 340 g/mol. The van der Waals surface area contributed by atoms with Gasteiger partial charge in [-0.25, -0.2) is 4.79 Å². The fraction of sp³-hybridized carbons (Fsp3) is 0.211. The molecule has 0 aliphatic carbocycles. The molecule has 2 aromatic carbocycles. The molecule has 2 aromatic rings. The number of carbonyl (C=O) groups is 3. The lowest BCUT2D eigenvalue weighted by Crippen LogP contribution is -2.15. The van der Waals surface area contributed by atoms with E-state index in [0.717, 1.165) is 0 Å². The van der Waals surface area contributed by atoms with Gasteiger partial charge in [-0.2, -0.15) is 0 Å². The van der Waals surface area contributed by atoms with Gasteiger partial charge in [-0.1, -0.05) is 19.1 Å². The minimum Gasteiger partial charge on any atom is -0.454 e. The number of ketones is 1. The lowest BCUT2D eigenvalue weighted by Gasteiger charge is -2.09. The number of amides is 1. The molecule has 6 heteroatoms. The third kappa shape index (κ3) is 4.91. The lowest BCUT2D eigenvalue weighted by molar-refractivity contribution is -0.115. The Balaban J connectivity index is 1.95. The monoisotopic (exact) mass is 340 g/mol. The van der Waals surface area contributed by atoms with Crippen LogP contribution in [0.5, 0.6) is 0 Å². The first-order chi connectivity index (χ1) is 12.0. The van der Waals surface area contributed by atoms with Crippen molar-refractivity contribution in [2.75, 3.05) is 24.3 Å². The smallest absolute Gasteiger partial charge is 0.340 e. The van der Waals surface area contributed by atoms with Gasteiger partial charge >= 0.3 is 5.97 Å². The summed E-state index contributed by atoms with van der Waals surface area (Å²) < 4.78 is 5.10. The van der Waals surface area contributed by atoms with Crippen LogP contribution < -0.4 is 10.6 Å². The highest BCUT2D eigenvalue weighted by molar-refractivity contribution is 6.01. The van der Waals surface area contributed by atoms with Gasteiger partial charge in [-0.15, -0.1) is 0 Å². The van der Waals surface area contributed by atoms with Gasteiger partial charge in [0.25, 0.3) is 0 Å². The third-order valence-electron chi connectivity index (χ3n) is 3.56. The second-order valence-corrected chi connectivity index (χ2v) is 5.27. The highest BCUT2D eigenvalue weighted by Gasteiger charge is 2.14. The predicted octanol–water partition coefficient (Wildman–Crippen LogP) is 3.12. The molecule has 0 aromatic heterocycles. The second kappa shape index (κ2) is 8.63. The first-order valence-electron chi connectivity index (χ1n) is 7.92. The summed E-state index contributed by atoms with van der Waals surface area (Å²) in [5.74, 6) is -0.981. The van der Waals surface area contributed by atoms with Crippen molar-refractivity contribution in [1.82, 2.24) is 0 Å². The van der Waals surface area contributed by atoms with Crippen molar-refractivity contribution < 1.29 is 19.1 Å². The van der Waals surface area contributed by atoms with Crippen LogP contribution in [0.3, 0.4) is 0 Å². The molecule has 0 bridgehead atoms. The molecule has 0 aliphatic heterocycles. The maximum absolute atomic E-state index is 12.1. The Labute approximate surface area is 146 Å². The zero-order chi connectivity index (χ0) is 18.2. The predicted molar refractivity (Wildman–Crippen MR) is 96.0 cm³/mol. The molecule has 6 nitrogen and oxygen atoms in total. The van der Waals surface area contributed by atoms with Gasteiger partial charge in [0.2, 0.25) is 5.91 Å². The van der Waals surface area contributed by atoms with Crippen LogP contribution in [0.1, 0.15) is 34.1 Å². The molecular formula is C19H20N2O4. The summed E-state index contributed by atoms with van der Waals surface area (Å²) in [5.41, 5.74) is 2.03. The molecule has 0 saturated heterocycles. The Morgan fingerprint density at radius 2 is 1.68 bits per heavy atom. The lowest BCUT2D eigenvalue weighted by atomic mass is 10.1. The minimum atomic E-state index is -0.565. The molecule has 1 amide bonds. The van der Waals surface area contributed by atoms with Gasteiger partial charge in [0.15, 0.2) is 12.4 Å². The Morgan fingerprint density at radius 1 is 1.00 bits per heavy atom. The molecule has 0 aliphatic rings. The summed E-state index contributed by atoms with van der Waals surface area (Å²) in [5, 5.41) is 5.60. The molecule has 130 valence electrons. The molecule has 0 radical (unpaired) electrons. The summed E-state index contributed by atoms with van der Waals surface area (Å²) in [4.78, 5) is 35.6. The van der Waals surface area contributed by atoms with Crippen molar-refractivity contribution in [3.63, 3.8) is 0 Å². The normalized spacial score (nSPS) is 10.0. The Hall–Kier alpha value is -3.15. The molecule has 0 spiro atoms. The molecular weight excluding hydrogens is 320 g/mol. The van der Waals surface area contributed by atoms with Crippen LogP contribution in [0.25, 0.3) is 0 Å². The number of hydrogen-bond donors (Lipinski definition) is 2. The summed E-state index contributed by atoms with van der Waals surface area (Å²) in [6, 6.07) is 13.4. The maximum atomic E-state index is 12.1. The number of carbonyl (C=O) groups excluding carboxylic acids is 3. The van der Waals surface area contributed by atoms with Crippen LogP contribution in [0.15, 0.2) is 48.5 Å². The van der Waals surface area contributed by atoms with Gasteiger partial charge in [0, 0.05) is 30.4 Å². The number of benzene rings is 2. The summed E-state index contributed by atoms with van der Waals surface area (Å²) in [6.07, 6.45) is 0.380. The highest BCUT2D eigenvalue weighted by Crippen LogP contribution is 2.16. The zero-order valence-electron chi connectivity index (χ0n) is 14.2. The number of para-hydroxylation sites is 1. The van der Waals surface area contributed by atoms with Crippen molar-refractivity contribution in [3.8, 4) is 0 Å². The van der Waals surface area contributed by atoms with E-state index in [0.29, 0.717) is 28.9 Å². The maximum Gasteiger partial charge on any atom is 0.340 e. The number of ether oxygens (including phenoxy) is 1. The summed E-state index contributed by atoms with van der Waals surface area (Å²) in [6.45, 7) is 1.41. The summed E-state index contributed by atoms with van der Waals surface area (Å²) >= 11 is 0. The Kier molecular flexibility index (Phi) is 6.28. The van der Waals surface area contributed by atoms with E-state index in [4.69, 9.17) is 4.74 Å². The topological polar surface area (TPSA) is 84.5 Å². The molecule has 0 heterocycles. The van der Waals surface area contributed by atoms with Crippen molar-refractivity contribution in [1.29, 1.82) is 0 Å². The third-order valence-corrected chi connectivity index (χ3v) is 3.56. The van der Waals surface area contributed by atoms with Crippen LogP contribution in [0.4, 0.5) is 11.4 Å². The van der Waals surface area contributed by atoms with Crippen molar-refractivity contribution in [3.05, 3.63) is 59.7 Å². The van der Waals surface area contributed by atoms with E-state index < -0.39 is 5.97 Å². The molecule has 2 rings (SSSR count). The van der Waals surface area contributed by atoms with Crippen molar-refractivity contribution >= 4 is 29.0 Å². The first kappa shape index (κ1) is 18.2. The van der Waals surface area contributed by atoms with Gasteiger partial charge in [0.05, 0.1) is 5.56 Å². The first-order valence-corrected chi connectivity index (χ1v) is 7.92. The number of hydrogen-bond acceptors (Lipinski definition) is 5. The zero-order valence-corrected chi connectivity index (χ0v) is 14.2. The van der Waals surface area contributed by atoms with E-state index in [2.05, 4.69) is 10.6 Å². The van der Waals surface area contributed by atoms with Gasteiger partial charge in [-0.3, -0.25) is 9.59 Å². The van der Waals surface area contributed by atoms with Crippen LogP contribution in [-0.4, -0.2) is 31.3 Å².